The molecule has 0 aromatic heterocycles. The zero-order valence-electron chi connectivity index (χ0n) is 11.9. The highest BCUT2D eigenvalue weighted by Gasteiger charge is 2.22. The Morgan fingerprint density at radius 3 is 2.50 bits per heavy atom. The second kappa shape index (κ2) is 8.48. The summed E-state index contributed by atoms with van der Waals surface area (Å²) < 4.78 is 5.23. The molecule has 1 fully saturated rings. The predicted molar refractivity (Wildman–Crippen MR) is 73.3 cm³/mol. The maximum absolute atomic E-state index is 12.0. The zero-order chi connectivity index (χ0) is 13.4. The van der Waals surface area contributed by atoms with E-state index in [1.807, 2.05) is 4.90 Å². The van der Waals surface area contributed by atoms with Crippen LogP contribution in [0, 0.1) is 5.92 Å². The number of carbonyl (C=O) groups is 1. The molecule has 2 N–H and O–H groups in total. The average molecular weight is 256 g/mol. The fourth-order valence-corrected chi connectivity index (χ4v) is 2.20. The molecule has 1 aliphatic rings. The summed E-state index contributed by atoms with van der Waals surface area (Å²) >= 11 is 0. The molecule has 106 valence electrons. The maximum Gasteiger partial charge on any atom is 0.239 e. The van der Waals surface area contributed by atoms with Crippen LogP contribution in [0.1, 0.15) is 46.0 Å². The highest BCUT2D eigenvalue weighted by molar-refractivity contribution is 5.81. The number of morpholine rings is 1. The van der Waals surface area contributed by atoms with Crippen molar-refractivity contribution in [2.75, 3.05) is 26.3 Å². The fraction of sp³-hybridized carbons (Fsp3) is 0.929. The molecule has 1 aliphatic heterocycles. The Labute approximate surface area is 111 Å². The Kier molecular flexibility index (Phi) is 7.28. The third-order valence-electron chi connectivity index (χ3n) is 3.80. The summed E-state index contributed by atoms with van der Waals surface area (Å²) in [4.78, 5) is 13.9. The number of hydrogen-bond donors (Lipinski definition) is 1. The van der Waals surface area contributed by atoms with E-state index in [0.29, 0.717) is 26.3 Å². The number of amides is 1. The highest BCUT2D eigenvalue weighted by Crippen LogP contribution is 2.13. The maximum atomic E-state index is 12.0. The minimum Gasteiger partial charge on any atom is -0.378 e. The van der Waals surface area contributed by atoms with E-state index in [9.17, 15) is 4.79 Å². The number of ether oxygens (including phenoxy) is 1. The third kappa shape index (κ3) is 5.36. The second-order valence-electron chi connectivity index (χ2n) is 5.34. The Morgan fingerprint density at radius 2 is 1.89 bits per heavy atom. The van der Waals surface area contributed by atoms with Gasteiger partial charge in [0.25, 0.3) is 0 Å². The van der Waals surface area contributed by atoms with E-state index >= 15 is 0 Å². The molecular weight excluding hydrogens is 228 g/mol. The third-order valence-corrected chi connectivity index (χ3v) is 3.80. The lowest BCUT2D eigenvalue weighted by Gasteiger charge is -2.29. The summed E-state index contributed by atoms with van der Waals surface area (Å²) in [6.07, 6.45) is 5.53. The van der Waals surface area contributed by atoms with Crippen LogP contribution in [0.3, 0.4) is 0 Å². The summed E-state index contributed by atoms with van der Waals surface area (Å²) in [5, 5.41) is 0. The van der Waals surface area contributed by atoms with E-state index < -0.39 is 0 Å². The number of nitrogens with two attached hydrogens (primary N) is 1. The first kappa shape index (κ1) is 15.4. The summed E-state index contributed by atoms with van der Waals surface area (Å²) in [6, 6.07) is -0.319. The summed E-state index contributed by atoms with van der Waals surface area (Å²) in [5.74, 6) is 0.887. The summed E-state index contributed by atoms with van der Waals surface area (Å²) in [6.45, 7) is 7.18. The van der Waals surface area contributed by atoms with E-state index in [2.05, 4.69) is 13.8 Å². The van der Waals surface area contributed by atoms with Gasteiger partial charge in [-0.15, -0.1) is 0 Å². The van der Waals surface area contributed by atoms with Gasteiger partial charge in [-0.2, -0.15) is 0 Å². The smallest absolute Gasteiger partial charge is 0.239 e. The molecule has 0 radical (unpaired) electrons. The molecule has 0 aromatic rings. The van der Waals surface area contributed by atoms with Gasteiger partial charge in [0, 0.05) is 13.1 Å². The molecule has 1 saturated heterocycles. The first-order valence-electron chi connectivity index (χ1n) is 7.27. The van der Waals surface area contributed by atoms with Crippen molar-refractivity contribution in [1.29, 1.82) is 0 Å². The van der Waals surface area contributed by atoms with Gasteiger partial charge in [-0.25, -0.2) is 0 Å². The molecule has 0 aromatic carbocycles. The molecule has 4 heteroatoms. The molecule has 2 unspecified atom stereocenters. The van der Waals surface area contributed by atoms with Gasteiger partial charge in [-0.3, -0.25) is 4.79 Å². The van der Waals surface area contributed by atoms with Crippen LogP contribution in [0.2, 0.25) is 0 Å². The minimum absolute atomic E-state index is 0.0989. The van der Waals surface area contributed by atoms with Crippen LogP contribution in [-0.4, -0.2) is 43.2 Å². The zero-order valence-corrected chi connectivity index (χ0v) is 11.9. The molecule has 1 heterocycles. The van der Waals surface area contributed by atoms with Crippen molar-refractivity contribution < 1.29 is 9.53 Å². The average Bonchev–Trinajstić information content (AvgIpc) is 2.43. The van der Waals surface area contributed by atoms with Crippen LogP contribution in [0.4, 0.5) is 0 Å². The standard InChI is InChI=1S/C14H28N2O2/c1-3-12(2)6-4-5-7-13(15)14(17)16-8-10-18-11-9-16/h12-13H,3-11,15H2,1-2H3. The normalized spacial score (nSPS) is 19.6. The summed E-state index contributed by atoms with van der Waals surface area (Å²) in [7, 11) is 0. The topological polar surface area (TPSA) is 55.6 Å². The van der Waals surface area contributed by atoms with Gasteiger partial charge in [-0.1, -0.05) is 39.5 Å². The molecule has 0 bridgehead atoms. The first-order valence-corrected chi connectivity index (χ1v) is 7.27. The monoisotopic (exact) mass is 256 g/mol. The lowest BCUT2D eigenvalue weighted by Crippen LogP contribution is -2.48. The molecule has 0 saturated carbocycles. The molecule has 0 aliphatic carbocycles. The van der Waals surface area contributed by atoms with Gasteiger partial charge >= 0.3 is 0 Å². The van der Waals surface area contributed by atoms with Crippen molar-refractivity contribution >= 4 is 5.91 Å². The number of rotatable bonds is 7. The molecule has 1 amide bonds. The largest absolute Gasteiger partial charge is 0.378 e. The van der Waals surface area contributed by atoms with Gasteiger partial charge in [0.15, 0.2) is 0 Å². The quantitative estimate of drug-likeness (QED) is 0.706. The molecule has 4 nitrogen and oxygen atoms in total. The van der Waals surface area contributed by atoms with E-state index in [1.165, 1.54) is 19.3 Å². The van der Waals surface area contributed by atoms with E-state index in [4.69, 9.17) is 10.5 Å². The van der Waals surface area contributed by atoms with E-state index in [0.717, 1.165) is 18.8 Å². The van der Waals surface area contributed by atoms with Crippen LogP contribution in [0.15, 0.2) is 0 Å². The fourth-order valence-electron chi connectivity index (χ4n) is 2.20. The molecule has 18 heavy (non-hydrogen) atoms. The molecular formula is C14H28N2O2. The number of carbonyl (C=O) groups excluding carboxylic acids is 1. The molecule has 0 spiro atoms. The summed E-state index contributed by atoms with van der Waals surface area (Å²) in [5.41, 5.74) is 5.97. The predicted octanol–water partition coefficient (Wildman–Crippen LogP) is 1.78. The van der Waals surface area contributed by atoms with Crippen LogP contribution < -0.4 is 5.73 Å². The lowest BCUT2D eigenvalue weighted by molar-refractivity contribution is -0.136. The minimum atomic E-state index is -0.319. The van der Waals surface area contributed by atoms with E-state index in [-0.39, 0.29) is 11.9 Å². The van der Waals surface area contributed by atoms with Gasteiger partial charge in [-0.05, 0) is 12.3 Å². The van der Waals surface area contributed by atoms with Crippen molar-refractivity contribution in [2.45, 2.75) is 52.0 Å². The SMILES string of the molecule is CCC(C)CCCCC(N)C(=O)N1CCOCC1. The van der Waals surface area contributed by atoms with Crippen molar-refractivity contribution in [3.8, 4) is 0 Å². The highest BCUT2D eigenvalue weighted by atomic mass is 16.5. The Bertz CT molecular complexity index is 240. The van der Waals surface area contributed by atoms with Gasteiger partial charge < -0.3 is 15.4 Å². The second-order valence-corrected chi connectivity index (χ2v) is 5.34. The van der Waals surface area contributed by atoms with Crippen molar-refractivity contribution in [1.82, 2.24) is 4.90 Å². The Morgan fingerprint density at radius 1 is 1.28 bits per heavy atom. The Balaban J connectivity index is 2.15. The lowest BCUT2D eigenvalue weighted by atomic mass is 9.99. The van der Waals surface area contributed by atoms with Crippen LogP contribution in [0.25, 0.3) is 0 Å². The number of hydrogen-bond acceptors (Lipinski definition) is 3. The number of nitrogens with zero attached hydrogens (tertiary/aromatic N) is 1. The van der Waals surface area contributed by atoms with E-state index in [1.54, 1.807) is 0 Å². The van der Waals surface area contributed by atoms with Gasteiger partial charge in [0.1, 0.15) is 0 Å². The number of unbranched alkanes of at least 4 members (excludes halogenated alkanes) is 1. The van der Waals surface area contributed by atoms with Crippen molar-refractivity contribution in [3.05, 3.63) is 0 Å². The van der Waals surface area contributed by atoms with Crippen molar-refractivity contribution in [2.24, 2.45) is 11.7 Å². The van der Waals surface area contributed by atoms with Crippen molar-refractivity contribution in [3.63, 3.8) is 0 Å². The van der Waals surface area contributed by atoms with Crippen LogP contribution >= 0.6 is 0 Å². The van der Waals surface area contributed by atoms with Gasteiger partial charge in [0.2, 0.25) is 5.91 Å². The van der Waals surface area contributed by atoms with Crippen LogP contribution in [0.5, 0.6) is 0 Å². The van der Waals surface area contributed by atoms with Gasteiger partial charge in [0.05, 0.1) is 19.3 Å². The van der Waals surface area contributed by atoms with Crippen LogP contribution in [-0.2, 0) is 9.53 Å². The molecule has 2 atom stereocenters. The first-order chi connectivity index (χ1) is 8.65. The Hall–Kier alpha value is -0.610. The molecule has 1 rings (SSSR count).